The maximum absolute atomic E-state index is 11.3. The summed E-state index contributed by atoms with van der Waals surface area (Å²) in [5, 5.41) is 0. The molecule has 3 unspecified atom stereocenters. The Kier molecular flexibility index (Phi) is 3.46. The van der Waals surface area contributed by atoms with Crippen molar-refractivity contribution in [2.75, 3.05) is 0 Å². The van der Waals surface area contributed by atoms with Gasteiger partial charge in [0.2, 0.25) is 0 Å². The van der Waals surface area contributed by atoms with Crippen LogP contribution in [0.25, 0.3) is 0 Å². The Hall–Kier alpha value is -1.10. The largest absolute Gasteiger partial charge is 0.461 e. The first-order valence-electron chi connectivity index (χ1n) is 4.66. The van der Waals surface area contributed by atoms with Gasteiger partial charge in [-0.25, -0.2) is 0 Å². The highest BCUT2D eigenvalue weighted by molar-refractivity contribution is 5.78. The summed E-state index contributed by atoms with van der Waals surface area (Å²) in [6, 6.07) is -0.889. The molecule has 3 atom stereocenters. The summed E-state index contributed by atoms with van der Waals surface area (Å²) in [4.78, 5) is 22.5. The van der Waals surface area contributed by atoms with Crippen LogP contribution in [-0.4, -0.2) is 30.2 Å². The van der Waals surface area contributed by atoms with Crippen molar-refractivity contribution in [3.05, 3.63) is 0 Å². The maximum Gasteiger partial charge on any atom is 0.327 e. The molecule has 1 heterocycles. The zero-order valence-corrected chi connectivity index (χ0v) is 8.36. The molecule has 80 valence electrons. The predicted molar refractivity (Wildman–Crippen MR) is 48.3 cm³/mol. The minimum Gasteiger partial charge on any atom is -0.461 e. The van der Waals surface area contributed by atoms with Gasteiger partial charge in [-0.2, -0.15) is 0 Å². The molecule has 5 nitrogen and oxygen atoms in total. The summed E-state index contributed by atoms with van der Waals surface area (Å²) < 4.78 is 9.94. The second-order valence-corrected chi connectivity index (χ2v) is 3.51. The van der Waals surface area contributed by atoms with Crippen molar-refractivity contribution in [1.29, 1.82) is 0 Å². The Bertz CT molecular complexity index is 241. The fraction of sp³-hybridized carbons (Fsp3) is 0.778. The normalized spacial score (nSPS) is 34.9. The van der Waals surface area contributed by atoms with Crippen LogP contribution in [-0.2, 0) is 19.1 Å². The van der Waals surface area contributed by atoms with E-state index in [1.54, 1.807) is 13.8 Å². The van der Waals surface area contributed by atoms with Crippen molar-refractivity contribution in [3.8, 4) is 0 Å². The molecule has 0 saturated carbocycles. The zero-order chi connectivity index (χ0) is 10.7. The van der Waals surface area contributed by atoms with E-state index < -0.39 is 18.1 Å². The lowest BCUT2D eigenvalue weighted by molar-refractivity contribution is -0.154. The van der Waals surface area contributed by atoms with E-state index in [9.17, 15) is 9.59 Å². The molecule has 14 heavy (non-hydrogen) atoms. The Morgan fingerprint density at radius 3 is 2.57 bits per heavy atom. The van der Waals surface area contributed by atoms with Crippen LogP contribution in [0.1, 0.15) is 26.7 Å². The monoisotopic (exact) mass is 201 g/mol. The van der Waals surface area contributed by atoms with Gasteiger partial charge in [-0.05, 0) is 20.3 Å². The average molecular weight is 201 g/mol. The summed E-state index contributed by atoms with van der Waals surface area (Å²) in [7, 11) is 0. The number of hydrogen-bond acceptors (Lipinski definition) is 5. The number of esters is 2. The molecule has 0 aromatic rings. The highest BCUT2D eigenvalue weighted by Gasteiger charge is 2.28. The molecule has 1 saturated heterocycles. The summed E-state index contributed by atoms with van der Waals surface area (Å²) in [5.74, 6) is -0.849. The molecule has 0 bridgehead atoms. The summed E-state index contributed by atoms with van der Waals surface area (Å²) in [5.41, 5.74) is 5.53. The molecule has 5 heteroatoms. The van der Waals surface area contributed by atoms with E-state index in [4.69, 9.17) is 15.2 Å². The zero-order valence-electron chi connectivity index (χ0n) is 8.36. The Balaban J connectivity index is 2.71. The number of nitrogens with two attached hydrogens (primary N) is 1. The third kappa shape index (κ3) is 2.70. The molecule has 1 rings (SSSR count). The Morgan fingerprint density at radius 2 is 1.93 bits per heavy atom. The molecule has 0 amide bonds. The minimum absolute atomic E-state index is 0.255. The third-order valence-corrected chi connectivity index (χ3v) is 2.17. The summed E-state index contributed by atoms with van der Waals surface area (Å²) in [6.07, 6.45) is -0.179. The molecule has 1 aliphatic rings. The van der Waals surface area contributed by atoms with Crippen LogP contribution in [0.15, 0.2) is 0 Å². The quantitative estimate of drug-likeness (QED) is 0.557. The van der Waals surface area contributed by atoms with Crippen LogP contribution in [0.2, 0.25) is 0 Å². The van der Waals surface area contributed by atoms with Crippen molar-refractivity contribution in [3.63, 3.8) is 0 Å². The fourth-order valence-electron chi connectivity index (χ4n) is 1.19. The minimum atomic E-state index is -0.889. The number of carbonyl (C=O) groups excluding carboxylic acids is 2. The highest BCUT2D eigenvalue weighted by Crippen LogP contribution is 2.11. The van der Waals surface area contributed by atoms with Crippen molar-refractivity contribution < 1.29 is 19.1 Å². The van der Waals surface area contributed by atoms with Gasteiger partial charge >= 0.3 is 11.9 Å². The van der Waals surface area contributed by atoms with Gasteiger partial charge < -0.3 is 15.2 Å². The lowest BCUT2D eigenvalue weighted by Gasteiger charge is -2.18. The molecular formula is C9H15NO4. The van der Waals surface area contributed by atoms with Gasteiger partial charge in [0.25, 0.3) is 0 Å². The molecule has 0 aromatic heterocycles. The van der Waals surface area contributed by atoms with E-state index >= 15 is 0 Å². The van der Waals surface area contributed by atoms with Gasteiger partial charge in [0.05, 0.1) is 6.10 Å². The highest BCUT2D eigenvalue weighted by atomic mass is 16.6. The van der Waals surface area contributed by atoms with Gasteiger partial charge in [0, 0.05) is 6.42 Å². The number of cyclic esters (lactones) is 2. The fourth-order valence-corrected chi connectivity index (χ4v) is 1.19. The van der Waals surface area contributed by atoms with E-state index in [-0.39, 0.29) is 18.5 Å². The Morgan fingerprint density at radius 1 is 1.29 bits per heavy atom. The van der Waals surface area contributed by atoms with Gasteiger partial charge in [0.15, 0.2) is 0 Å². The van der Waals surface area contributed by atoms with Crippen LogP contribution in [0, 0.1) is 0 Å². The molecule has 0 aliphatic carbocycles. The smallest absolute Gasteiger partial charge is 0.327 e. The second-order valence-electron chi connectivity index (χ2n) is 3.51. The third-order valence-electron chi connectivity index (χ3n) is 2.17. The van der Waals surface area contributed by atoms with Crippen LogP contribution in [0.4, 0.5) is 0 Å². The van der Waals surface area contributed by atoms with E-state index in [0.29, 0.717) is 6.42 Å². The van der Waals surface area contributed by atoms with Gasteiger partial charge in [-0.3, -0.25) is 9.59 Å². The standard InChI is InChI=1S/C9H15NO4/c1-5-3-4-7(11)14-6(2)8(10)9(12)13-5/h5-6,8H,3-4,10H2,1-2H3. The van der Waals surface area contributed by atoms with Gasteiger partial charge in [0.1, 0.15) is 12.1 Å². The molecule has 0 spiro atoms. The first kappa shape index (κ1) is 11.0. The van der Waals surface area contributed by atoms with Crippen molar-refractivity contribution >= 4 is 11.9 Å². The molecule has 0 aromatic carbocycles. The average Bonchev–Trinajstić information content (AvgIpc) is 2.15. The van der Waals surface area contributed by atoms with E-state index in [1.165, 1.54) is 0 Å². The summed E-state index contributed by atoms with van der Waals surface area (Å²) >= 11 is 0. The number of rotatable bonds is 0. The molecule has 1 aliphatic heterocycles. The van der Waals surface area contributed by atoms with Crippen molar-refractivity contribution in [1.82, 2.24) is 0 Å². The van der Waals surface area contributed by atoms with Crippen molar-refractivity contribution in [2.45, 2.75) is 44.9 Å². The van der Waals surface area contributed by atoms with E-state index in [2.05, 4.69) is 0 Å². The lowest BCUT2D eigenvalue weighted by Crippen LogP contribution is -2.43. The molecule has 1 fully saturated rings. The maximum atomic E-state index is 11.3. The SMILES string of the molecule is CC1CCC(=O)OC(C)C(N)C(=O)O1. The van der Waals surface area contributed by atoms with Crippen LogP contribution < -0.4 is 5.73 Å². The summed E-state index contributed by atoms with van der Waals surface area (Å²) in [6.45, 7) is 3.31. The molecule has 0 radical (unpaired) electrons. The first-order chi connectivity index (χ1) is 6.50. The molecule has 2 N–H and O–H groups in total. The van der Waals surface area contributed by atoms with Crippen LogP contribution >= 0.6 is 0 Å². The second kappa shape index (κ2) is 4.41. The number of carbonyl (C=O) groups is 2. The van der Waals surface area contributed by atoms with Crippen molar-refractivity contribution in [2.24, 2.45) is 5.73 Å². The topological polar surface area (TPSA) is 78.6 Å². The van der Waals surface area contributed by atoms with Crippen LogP contribution in [0.3, 0.4) is 0 Å². The number of ether oxygens (including phenoxy) is 2. The lowest BCUT2D eigenvalue weighted by atomic mass is 10.2. The van der Waals surface area contributed by atoms with Gasteiger partial charge in [-0.15, -0.1) is 0 Å². The Labute approximate surface area is 82.5 Å². The first-order valence-corrected chi connectivity index (χ1v) is 4.66. The van der Waals surface area contributed by atoms with E-state index in [1.807, 2.05) is 0 Å². The predicted octanol–water partition coefficient (Wildman–Crippen LogP) is -0.0291. The van der Waals surface area contributed by atoms with E-state index in [0.717, 1.165) is 0 Å². The molecular weight excluding hydrogens is 186 g/mol. The van der Waals surface area contributed by atoms with Gasteiger partial charge in [-0.1, -0.05) is 0 Å². The van der Waals surface area contributed by atoms with Crippen LogP contribution in [0.5, 0.6) is 0 Å². The number of hydrogen-bond donors (Lipinski definition) is 1.